The van der Waals surface area contributed by atoms with Crippen LogP contribution in [0.5, 0.6) is 0 Å². The van der Waals surface area contributed by atoms with E-state index in [0.717, 1.165) is 44.0 Å². The van der Waals surface area contributed by atoms with Gasteiger partial charge in [-0.15, -0.1) is 5.10 Å². The molecule has 0 radical (unpaired) electrons. The van der Waals surface area contributed by atoms with Gasteiger partial charge in [0.2, 0.25) is 0 Å². The highest BCUT2D eigenvalue weighted by molar-refractivity contribution is 7.92. The minimum Gasteiger partial charge on any atom is -0.298 e. The maximum absolute atomic E-state index is 11.8. The molecule has 9 heteroatoms. The zero-order chi connectivity index (χ0) is 15.7. The van der Waals surface area contributed by atoms with Crippen molar-refractivity contribution < 1.29 is 8.42 Å². The maximum atomic E-state index is 11.8. The van der Waals surface area contributed by atoms with Crippen LogP contribution in [0.3, 0.4) is 0 Å². The maximum Gasteiger partial charge on any atom is 0.188 e. The molecule has 1 atom stereocenters. The highest BCUT2D eigenvalue weighted by Gasteiger charge is 2.29. The molecule has 1 aliphatic heterocycles. The highest BCUT2D eigenvalue weighted by Crippen LogP contribution is 2.32. The van der Waals surface area contributed by atoms with E-state index in [4.69, 9.17) is 0 Å². The molecular weight excluding hydrogens is 322 g/mol. The third-order valence-corrected chi connectivity index (χ3v) is 6.43. The number of likely N-dealkylation sites (tertiary alicyclic amines) is 1. The second-order valence-corrected chi connectivity index (χ2v) is 8.78. The van der Waals surface area contributed by atoms with Gasteiger partial charge in [-0.05, 0) is 19.4 Å². The zero-order valence-electron chi connectivity index (χ0n) is 12.6. The summed E-state index contributed by atoms with van der Waals surface area (Å²) in [7, 11) is -1.35. The molecule has 0 N–H and O–H groups in total. The number of nitrogens with zero attached hydrogens (tertiary/aromatic N) is 5. The van der Waals surface area contributed by atoms with E-state index in [-0.39, 0.29) is 5.92 Å². The van der Waals surface area contributed by atoms with E-state index < -0.39 is 9.84 Å². The standard InChI is InChI=1S/C13H19N5O2S2/c1-17-7-10(6-14-17)8-18-5-3-4-11(9-18)12-13(21-16-15-12)22(2,19)20/h6-7,11H,3-5,8-9H2,1-2H3/t11-/m0/s1. The monoisotopic (exact) mass is 341 g/mol. The van der Waals surface area contributed by atoms with Crippen LogP contribution in [-0.4, -0.2) is 52.0 Å². The Hall–Kier alpha value is -1.32. The SMILES string of the molecule is Cn1cc(CN2CCC[C@H](c3nnsc3S(C)(=O)=O)C2)cn1. The van der Waals surface area contributed by atoms with E-state index in [1.54, 1.807) is 4.68 Å². The fourth-order valence-electron chi connectivity index (χ4n) is 2.93. The number of piperidine rings is 1. The fourth-order valence-corrected chi connectivity index (χ4v) is 4.66. The first-order valence-corrected chi connectivity index (χ1v) is 9.82. The molecule has 7 nitrogen and oxygen atoms in total. The average Bonchev–Trinajstić information content (AvgIpc) is 3.07. The summed E-state index contributed by atoms with van der Waals surface area (Å²) in [6.07, 6.45) is 7.09. The first-order chi connectivity index (χ1) is 10.4. The van der Waals surface area contributed by atoms with Gasteiger partial charge in [-0.25, -0.2) is 8.42 Å². The van der Waals surface area contributed by atoms with Crippen molar-refractivity contribution in [3.63, 3.8) is 0 Å². The molecule has 0 unspecified atom stereocenters. The Morgan fingerprint density at radius 1 is 1.45 bits per heavy atom. The smallest absolute Gasteiger partial charge is 0.188 e. The van der Waals surface area contributed by atoms with Gasteiger partial charge in [0.05, 0.1) is 11.9 Å². The first kappa shape index (κ1) is 15.6. The average molecular weight is 341 g/mol. The summed E-state index contributed by atoms with van der Waals surface area (Å²) in [6, 6.07) is 0. The number of sulfone groups is 1. The zero-order valence-corrected chi connectivity index (χ0v) is 14.3. The Bertz CT molecular complexity index is 752. The lowest BCUT2D eigenvalue weighted by atomic mass is 9.95. The minimum absolute atomic E-state index is 0.133. The quantitative estimate of drug-likeness (QED) is 0.827. The van der Waals surface area contributed by atoms with Gasteiger partial charge in [-0.1, -0.05) is 4.49 Å². The highest BCUT2D eigenvalue weighted by atomic mass is 32.2. The van der Waals surface area contributed by atoms with Crippen LogP contribution < -0.4 is 0 Å². The molecule has 0 amide bonds. The van der Waals surface area contributed by atoms with Crippen molar-refractivity contribution in [2.45, 2.75) is 29.5 Å². The molecule has 1 saturated heterocycles. The van der Waals surface area contributed by atoms with E-state index in [9.17, 15) is 8.42 Å². The van der Waals surface area contributed by atoms with Crippen LogP contribution >= 0.6 is 11.5 Å². The summed E-state index contributed by atoms with van der Waals surface area (Å²) in [5, 5.41) is 8.29. The van der Waals surface area contributed by atoms with Gasteiger partial charge >= 0.3 is 0 Å². The lowest BCUT2D eigenvalue weighted by Crippen LogP contribution is -2.34. The van der Waals surface area contributed by atoms with Crippen molar-refractivity contribution in [1.29, 1.82) is 0 Å². The van der Waals surface area contributed by atoms with Gasteiger partial charge in [-0.2, -0.15) is 5.10 Å². The fraction of sp³-hybridized carbons (Fsp3) is 0.615. The van der Waals surface area contributed by atoms with Crippen molar-refractivity contribution in [3.05, 3.63) is 23.7 Å². The second kappa shape index (κ2) is 6.05. The van der Waals surface area contributed by atoms with E-state index in [2.05, 4.69) is 19.6 Å². The lowest BCUT2D eigenvalue weighted by Gasteiger charge is -2.31. The molecule has 2 aromatic heterocycles. The number of aryl methyl sites for hydroxylation is 1. The molecule has 3 heterocycles. The van der Waals surface area contributed by atoms with Crippen LogP contribution in [0.4, 0.5) is 0 Å². The molecule has 0 aliphatic carbocycles. The third kappa shape index (κ3) is 3.36. The van der Waals surface area contributed by atoms with Crippen LogP contribution in [0.25, 0.3) is 0 Å². The first-order valence-electron chi connectivity index (χ1n) is 7.15. The van der Waals surface area contributed by atoms with Gasteiger partial charge in [-0.3, -0.25) is 9.58 Å². The second-order valence-electron chi connectivity index (χ2n) is 5.81. The lowest BCUT2D eigenvalue weighted by molar-refractivity contribution is 0.197. The molecule has 0 saturated carbocycles. The van der Waals surface area contributed by atoms with Crippen molar-refractivity contribution in [1.82, 2.24) is 24.3 Å². The van der Waals surface area contributed by atoms with Crippen molar-refractivity contribution in [2.24, 2.45) is 7.05 Å². The molecule has 1 fully saturated rings. The predicted molar refractivity (Wildman–Crippen MR) is 83.5 cm³/mol. The van der Waals surface area contributed by atoms with Gasteiger partial charge in [0, 0.05) is 55.6 Å². The Kier molecular flexibility index (Phi) is 4.28. The summed E-state index contributed by atoms with van der Waals surface area (Å²) >= 11 is 0.978. The molecule has 2 aromatic rings. The number of rotatable bonds is 4. The van der Waals surface area contributed by atoms with Crippen molar-refractivity contribution in [3.8, 4) is 0 Å². The number of hydrogen-bond acceptors (Lipinski definition) is 7. The van der Waals surface area contributed by atoms with Crippen LogP contribution in [0, 0.1) is 0 Å². The summed E-state index contributed by atoms with van der Waals surface area (Å²) in [5.74, 6) is 0.133. The van der Waals surface area contributed by atoms with Crippen LogP contribution in [-0.2, 0) is 23.4 Å². The van der Waals surface area contributed by atoms with E-state index in [1.807, 2.05) is 19.4 Å². The third-order valence-electron chi connectivity index (χ3n) is 3.87. The van der Waals surface area contributed by atoms with E-state index >= 15 is 0 Å². The van der Waals surface area contributed by atoms with Crippen molar-refractivity contribution >= 4 is 21.4 Å². The van der Waals surface area contributed by atoms with E-state index in [1.165, 1.54) is 11.8 Å². The van der Waals surface area contributed by atoms with Gasteiger partial charge in [0.25, 0.3) is 0 Å². The predicted octanol–water partition coefficient (Wildman–Crippen LogP) is 1.05. The number of hydrogen-bond donors (Lipinski definition) is 0. The minimum atomic E-state index is -3.25. The molecule has 0 aromatic carbocycles. The van der Waals surface area contributed by atoms with Gasteiger partial charge in [0.15, 0.2) is 14.0 Å². The van der Waals surface area contributed by atoms with Crippen LogP contribution in [0.1, 0.15) is 30.0 Å². The molecular formula is C13H19N5O2S2. The Balaban J connectivity index is 1.75. The van der Waals surface area contributed by atoms with Crippen LogP contribution in [0.2, 0.25) is 0 Å². The Labute approximate surface area is 134 Å². The topological polar surface area (TPSA) is 81.0 Å². The molecule has 1 aliphatic rings. The van der Waals surface area contributed by atoms with E-state index in [0.29, 0.717) is 9.90 Å². The molecule has 0 bridgehead atoms. The summed E-state index contributed by atoms with van der Waals surface area (Å²) in [5.41, 5.74) is 1.81. The van der Waals surface area contributed by atoms with Crippen molar-refractivity contribution in [2.75, 3.05) is 19.3 Å². The van der Waals surface area contributed by atoms with Gasteiger partial charge in [0.1, 0.15) is 0 Å². The Morgan fingerprint density at radius 3 is 2.95 bits per heavy atom. The molecule has 22 heavy (non-hydrogen) atoms. The largest absolute Gasteiger partial charge is 0.298 e. The summed E-state index contributed by atoms with van der Waals surface area (Å²) in [6.45, 7) is 2.65. The molecule has 0 spiro atoms. The van der Waals surface area contributed by atoms with Crippen LogP contribution in [0.15, 0.2) is 16.6 Å². The summed E-state index contributed by atoms with van der Waals surface area (Å²) in [4.78, 5) is 2.33. The normalized spacial score (nSPS) is 20.4. The molecule has 120 valence electrons. The molecule has 3 rings (SSSR count). The Morgan fingerprint density at radius 2 is 2.27 bits per heavy atom. The number of aromatic nitrogens is 4. The van der Waals surface area contributed by atoms with Gasteiger partial charge < -0.3 is 0 Å². The summed E-state index contributed by atoms with van der Waals surface area (Å²) < 4.78 is 29.6.